The van der Waals surface area contributed by atoms with Crippen molar-refractivity contribution < 1.29 is 14.3 Å². The third-order valence-corrected chi connectivity index (χ3v) is 10.4. The van der Waals surface area contributed by atoms with E-state index in [0.29, 0.717) is 23.7 Å². The summed E-state index contributed by atoms with van der Waals surface area (Å²) in [6.45, 7) is 13.8. The molecule has 1 saturated heterocycles. The van der Waals surface area contributed by atoms with Crippen molar-refractivity contribution in [2.24, 2.45) is 40.4 Å². The van der Waals surface area contributed by atoms with Crippen LogP contribution in [0.5, 0.6) is 0 Å². The average Bonchev–Trinajstić information content (AvgIpc) is 3.06. The number of Topliss-reactive ketones (excluding diaryl/α,β-unsaturated/α-hetero) is 1. The fourth-order valence-corrected chi connectivity index (χ4v) is 7.96. The maximum atomic E-state index is 13.8. The maximum Gasteiger partial charge on any atom is 0.188 e. The zero-order valence-electron chi connectivity index (χ0n) is 21.4. The van der Waals surface area contributed by atoms with Crippen LogP contribution in [0.2, 0.25) is 0 Å². The van der Waals surface area contributed by atoms with Crippen LogP contribution < -0.4 is 0 Å². The molecule has 4 aliphatic rings. The molecule has 0 aromatic carbocycles. The topological polar surface area (TPSA) is 43.4 Å². The summed E-state index contributed by atoms with van der Waals surface area (Å²) in [7, 11) is 0. The van der Waals surface area contributed by atoms with Gasteiger partial charge in [-0.2, -0.15) is 0 Å². The van der Waals surface area contributed by atoms with Crippen LogP contribution in [0.15, 0.2) is 11.6 Å². The summed E-state index contributed by atoms with van der Waals surface area (Å²) in [6, 6.07) is 0. The molecule has 3 aliphatic carbocycles. The molecule has 3 nitrogen and oxygen atoms in total. The van der Waals surface area contributed by atoms with Gasteiger partial charge in [0.05, 0.1) is 6.10 Å². The van der Waals surface area contributed by atoms with Crippen molar-refractivity contribution >= 4 is 11.6 Å². The first-order valence-electron chi connectivity index (χ1n) is 13.5. The standard InChI is InChI=1S/C29H46O3/c1-18(2)9-7-8-10-21-11-12-23-25(19(3)13-15-29(21,23)6)27-26(31)24-17-22(30)14-16-28(24,5)20(4)32-27/h17-21,23,25,27H,7-16H2,1-6H3/t19?,20-,21?,23?,25?,27?,28?,29?/m1/s1. The summed E-state index contributed by atoms with van der Waals surface area (Å²) in [5, 5.41) is 0. The lowest BCUT2D eigenvalue weighted by molar-refractivity contribution is -0.169. The van der Waals surface area contributed by atoms with E-state index in [9.17, 15) is 9.59 Å². The van der Waals surface area contributed by atoms with E-state index >= 15 is 0 Å². The zero-order valence-corrected chi connectivity index (χ0v) is 21.4. The number of fused-ring (bicyclic) bond motifs is 2. The number of carbonyl (C=O) groups excluding carboxylic acids is 2. The Morgan fingerprint density at radius 1 is 1.06 bits per heavy atom. The summed E-state index contributed by atoms with van der Waals surface area (Å²) in [5.41, 5.74) is 0.789. The molecule has 8 atom stereocenters. The van der Waals surface area contributed by atoms with Gasteiger partial charge in [0, 0.05) is 17.4 Å². The second-order valence-corrected chi connectivity index (χ2v) is 12.7. The quantitative estimate of drug-likeness (QED) is 0.419. The highest BCUT2D eigenvalue weighted by Gasteiger charge is 2.59. The molecule has 0 aromatic rings. The Bertz CT molecular complexity index is 766. The van der Waals surface area contributed by atoms with Gasteiger partial charge < -0.3 is 4.74 Å². The Morgan fingerprint density at radius 2 is 1.81 bits per heavy atom. The van der Waals surface area contributed by atoms with Crippen molar-refractivity contribution in [3.05, 3.63) is 11.6 Å². The van der Waals surface area contributed by atoms with Crippen LogP contribution in [-0.2, 0) is 14.3 Å². The van der Waals surface area contributed by atoms with Crippen LogP contribution in [0.3, 0.4) is 0 Å². The number of hydrogen-bond donors (Lipinski definition) is 0. The molecule has 0 amide bonds. The molecule has 2 saturated carbocycles. The minimum absolute atomic E-state index is 0.0156. The van der Waals surface area contributed by atoms with E-state index < -0.39 is 0 Å². The smallest absolute Gasteiger partial charge is 0.188 e. The lowest BCUT2D eigenvalue weighted by Crippen LogP contribution is -2.56. The summed E-state index contributed by atoms with van der Waals surface area (Å²) in [6.07, 6.45) is 12.9. The van der Waals surface area contributed by atoms with Gasteiger partial charge in [-0.05, 0) is 86.5 Å². The second-order valence-electron chi connectivity index (χ2n) is 12.7. The van der Waals surface area contributed by atoms with Gasteiger partial charge in [0.15, 0.2) is 11.6 Å². The third kappa shape index (κ3) is 4.05. The van der Waals surface area contributed by atoms with E-state index in [1.807, 2.05) is 0 Å². The van der Waals surface area contributed by atoms with Gasteiger partial charge >= 0.3 is 0 Å². The summed E-state index contributed by atoms with van der Waals surface area (Å²) < 4.78 is 6.63. The van der Waals surface area contributed by atoms with E-state index in [0.717, 1.165) is 23.8 Å². The molecule has 32 heavy (non-hydrogen) atoms. The molecule has 0 N–H and O–H groups in total. The molecular weight excluding hydrogens is 396 g/mol. The number of rotatable bonds is 6. The number of allylic oxidation sites excluding steroid dienone is 1. The fraction of sp³-hybridized carbons (Fsp3) is 0.862. The molecule has 0 radical (unpaired) electrons. The van der Waals surface area contributed by atoms with Gasteiger partial charge in [0.25, 0.3) is 0 Å². The molecule has 0 spiro atoms. The Morgan fingerprint density at radius 3 is 2.53 bits per heavy atom. The minimum atomic E-state index is -0.366. The van der Waals surface area contributed by atoms with E-state index in [1.165, 1.54) is 51.4 Å². The van der Waals surface area contributed by atoms with Gasteiger partial charge in [-0.3, -0.25) is 9.59 Å². The van der Waals surface area contributed by atoms with E-state index in [-0.39, 0.29) is 35.1 Å². The Balaban J connectivity index is 1.55. The predicted molar refractivity (Wildman–Crippen MR) is 129 cm³/mol. The largest absolute Gasteiger partial charge is 0.366 e. The van der Waals surface area contributed by atoms with Gasteiger partial charge in [-0.15, -0.1) is 0 Å². The molecule has 0 bridgehead atoms. The van der Waals surface area contributed by atoms with Crippen molar-refractivity contribution in [2.75, 3.05) is 0 Å². The third-order valence-electron chi connectivity index (χ3n) is 10.4. The van der Waals surface area contributed by atoms with Gasteiger partial charge in [-0.25, -0.2) is 0 Å². The van der Waals surface area contributed by atoms with Crippen LogP contribution in [0.1, 0.15) is 106 Å². The molecule has 0 aromatic heterocycles. The summed E-state index contributed by atoms with van der Waals surface area (Å²) >= 11 is 0. The van der Waals surface area contributed by atoms with Crippen LogP contribution in [0.4, 0.5) is 0 Å². The maximum absolute atomic E-state index is 13.8. The fourth-order valence-electron chi connectivity index (χ4n) is 7.96. The highest BCUT2D eigenvalue weighted by Crippen LogP contribution is 2.62. The number of hydrogen-bond acceptors (Lipinski definition) is 3. The predicted octanol–water partition coefficient (Wildman–Crippen LogP) is 6.93. The first kappa shape index (κ1) is 24.2. The van der Waals surface area contributed by atoms with Crippen LogP contribution in [0.25, 0.3) is 0 Å². The molecule has 180 valence electrons. The average molecular weight is 443 g/mol. The Kier molecular flexibility index (Phi) is 6.80. The van der Waals surface area contributed by atoms with Gasteiger partial charge in [0.1, 0.15) is 6.10 Å². The number of carbonyl (C=O) groups is 2. The van der Waals surface area contributed by atoms with E-state index in [1.54, 1.807) is 6.08 Å². The SMILES string of the molecule is CC(C)CCCCC1CCC2C(C3O[C@H](C)C4(C)CCC(=O)C=C4C3=O)C(C)CCC12C. The molecule has 3 heteroatoms. The van der Waals surface area contributed by atoms with Crippen molar-refractivity contribution in [3.63, 3.8) is 0 Å². The highest BCUT2D eigenvalue weighted by atomic mass is 16.5. The van der Waals surface area contributed by atoms with Crippen LogP contribution in [-0.4, -0.2) is 23.8 Å². The van der Waals surface area contributed by atoms with Crippen molar-refractivity contribution in [3.8, 4) is 0 Å². The van der Waals surface area contributed by atoms with E-state index in [2.05, 4.69) is 41.5 Å². The Hall–Kier alpha value is -0.960. The Labute approximate surface area is 196 Å². The van der Waals surface area contributed by atoms with Crippen LogP contribution in [0, 0.1) is 40.4 Å². The number of ketones is 2. The first-order chi connectivity index (χ1) is 15.1. The minimum Gasteiger partial charge on any atom is -0.366 e. The lowest BCUT2D eigenvalue weighted by Gasteiger charge is -2.53. The second kappa shape index (κ2) is 9.01. The van der Waals surface area contributed by atoms with Gasteiger partial charge in [-0.1, -0.05) is 53.9 Å². The van der Waals surface area contributed by atoms with Crippen LogP contribution >= 0.6 is 0 Å². The van der Waals surface area contributed by atoms with Crippen molar-refractivity contribution in [1.82, 2.24) is 0 Å². The molecule has 1 heterocycles. The molecule has 7 unspecified atom stereocenters. The molecule has 4 rings (SSSR count). The zero-order chi connectivity index (χ0) is 23.3. The van der Waals surface area contributed by atoms with Gasteiger partial charge in [0.2, 0.25) is 0 Å². The van der Waals surface area contributed by atoms with Crippen molar-refractivity contribution in [1.29, 1.82) is 0 Å². The highest BCUT2D eigenvalue weighted by molar-refractivity contribution is 6.07. The number of unbranched alkanes of at least 4 members (excludes halogenated alkanes) is 1. The molecular formula is C29H46O3. The number of ether oxygens (including phenoxy) is 1. The van der Waals surface area contributed by atoms with E-state index in [4.69, 9.17) is 4.74 Å². The molecule has 1 aliphatic heterocycles. The first-order valence-corrected chi connectivity index (χ1v) is 13.5. The lowest BCUT2D eigenvalue weighted by atomic mass is 9.55. The normalized spacial score (nSPS) is 44.4. The molecule has 3 fully saturated rings. The summed E-state index contributed by atoms with van der Waals surface area (Å²) in [4.78, 5) is 26.0. The monoisotopic (exact) mass is 442 g/mol. The summed E-state index contributed by atoms with van der Waals surface area (Å²) in [5.74, 6) is 3.16. The van der Waals surface area contributed by atoms with Crippen molar-refractivity contribution in [2.45, 2.75) is 118 Å².